The summed E-state index contributed by atoms with van der Waals surface area (Å²) in [5, 5.41) is 0.560. The number of hydrogen-bond acceptors (Lipinski definition) is 3. The fourth-order valence-corrected chi connectivity index (χ4v) is 5.49. The summed E-state index contributed by atoms with van der Waals surface area (Å²) in [5.74, 6) is 0. The smallest absolute Gasteiger partial charge is 0.253 e. The van der Waals surface area contributed by atoms with Gasteiger partial charge in [0.15, 0.2) is 0 Å². The summed E-state index contributed by atoms with van der Waals surface area (Å²) in [5.41, 5.74) is 0.739. The second-order valence-electron chi connectivity index (χ2n) is 6.24. The van der Waals surface area contributed by atoms with Crippen molar-refractivity contribution in [1.82, 2.24) is 4.31 Å². The van der Waals surface area contributed by atoms with Gasteiger partial charge in [0.05, 0.1) is 11.6 Å². The van der Waals surface area contributed by atoms with Gasteiger partial charge in [0.2, 0.25) is 3.79 Å². The molecule has 0 N–H and O–H groups in total. The molecule has 0 aliphatic carbocycles. The molecule has 1 saturated heterocycles. The van der Waals surface area contributed by atoms with E-state index in [4.69, 9.17) is 50.6 Å². The number of alkyl halides is 3. The van der Waals surface area contributed by atoms with Crippen LogP contribution in [0.4, 0.5) is 0 Å². The zero-order valence-electron chi connectivity index (χ0n) is 13.9. The molecule has 0 bridgehead atoms. The molecule has 3 atom stereocenters. The fraction of sp³-hybridized carbons (Fsp3) is 0.294. The lowest BCUT2D eigenvalue weighted by molar-refractivity contribution is 0.298. The molecule has 3 rings (SSSR count). The van der Waals surface area contributed by atoms with Crippen LogP contribution in [-0.2, 0) is 20.0 Å². The topological polar surface area (TPSA) is 46.4 Å². The van der Waals surface area contributed by atoms with Crippen molar-refractivity contribution in [2.24, 2.45) is 0 Å². The first kappa shape index (κ1) is 21.7. The van der Waals surface area contributed by atoms with Gasteiger partial charge in [-0.25, -0.2) is 0 Å². The second kappa shape index (κ2) is 7.65. The lowest BCUT2D eigenvalue weighted by Gasteiger charge is -2.15. The van der Waals surface area contributed by atoms with Crippen molar-refractivity contribution < 1.29 is 12.6 Å². The molecule has 1 heterocycles. The van der Waals surface area contributed by atoms with E-state index in [1.807, 2.05) is 31.2 Å². The molecule has 0 amide bonds. The average Bonchev–Trinajstić information content (AvgIpc) is 3.22. The largest absolute Gasteiger partial charge is 0.340 e. The first-order valence-electron chi connectivity index (χ1n) is 7.72. The minimum Gasteiger partial charge on any atom is -0.253 e. The third-order valence-corrected chi connectivity index (χ3v) is 6.98. The highest BCUT2D eigenvalue weighted by Gasteiger charge is 2.67. The van der Waals surface area contributed by atoms with Crippen LogP contribution in [0.15, 0.2) is 53.0 Å². The summed E-state index contributed by atoms with van der Waals surface area (Å²) in [6.45, 7) is 1.24. The van der Waals surface area contributed by atoms with E-state index in [0.717, 1.165) is 15.6 Å². The Balaban J connectivity index is 2.00. The van der Waals surface area contributed by atoms with E-state index in [0.29, 0.717) is 5.02 Å². The van der Waals surface area contributed by atoms with E-state index in [1.54, 1.807) is 24.3 Å². The predicted octanol–water partition coefficient (Wildman–Crippen LogP) is 6.01. The van der Waals surface area contributed by atoms with E-state index in [-0.39, 0.29) is 0 Å². The molecular formula is C17H14BrCl4NO3S. The zero-order chi connectivity index (χ0) is 20.0. The van der Waals surface area contributed by atoms with Crippen LogP contribution in [0.25, 0.3) is 0 Å². The maximum Gasteiger partial charge on any atom is 0.340 e. The number of hydrogen-bond donors (Lipinski definition) is 0. The van der Waals surface area contributed by atoms with Crippen LogP contribution in [0, 0.1) is 0 Å². The highest BCUT2D eigenvalue weighted by atomic mass is 79.9. The van der Waals surface area contributed by atoms with Crippen molar-refractivity contribution in [2.75, 3.05) is 6.61 Å². The van der Waals surface area contributed by atoms with E-state index in [9.17, 15) is 8.42 Å². The molecule has 0 radical (unpaired) electrons. The molecule has 2 aromatic rings. The summed E-state index contributed by atoms with van der Waals surface area (Å²) in [6, 6.07) is 14.0. The molecule has 0 saturated carbocycles. The maximum atomic E-state index is 12.8. The number of rotatable bonds is 5. The van der Waals surface area contributed by atoms with Crippen molar-refractivity contribution in [1.29, 1.82) is 0 Å². The molecule has 1 fully saturated rings. The molecule has 10 heteroatoms. The van der Waals surface area contributed by atoms with Gasteiger partial charge in [-0.1, -0.05) is 86.6 Å². The van der Waals surface area contributed by atoms with Crippen molar-refractivity contribution >= 4 is 72.6 Å². The Bertz CT molecular complexity index is 932. The molecule has 27 heavy (non-hydrogen) atoms. The highest BCUT2D eigenvalue weighted by molar-refractivity contribution is 9.10. The van der Waals surface area contributed by atoms with Gasteiger partial charge in [-0.3, -0.25) is 4.18 Å². The molecule has 2 aromatic carbocycles. The Morgan fingerprint density at radius 1 is 1.11 bits per heavy atom. The standard InChI is InChI=1S/C17H14BrCl4NO3S/c1-16(12-4-8-14(19)9-5-12)15(11-2-6-13(18)7-3-11)23(16)27(24,25)26-10-17(20,21)22/h2-9,15H,10H2,1H3/t15-,16-,23?/m1/s1. The van der Waals surface area contributed by atoms with Crippen LogP contribution in [0.5, 0.6) is 0 Å². The highest BCUT2D eigenvalue weighted by Crippen LogP contribution is 2.62. The van der Waals surface area contributed by atoms with Crippen LogP contribution < -0.4 is 0 Å². The SMILES string of the molecule is C[C@@]1(c2ccc(Cl)cc2)[C@@H](c2ccc(Br)cc2)N1S(=O)(=O)OCC(Cl)(Cl)Cl. The second-order valence-corrected chi connectivity index (χ2v) is 11.6. The Hall–Kier alpha value is -0.0500. The Morgan fingerprint density at radius 3 is 2.19 bits per heavy atom. The lowest BCUT2D eigenvalue weighted by Crippen LogP contribution is -2.26. The fourth-order valence-electron chi connectivity index (χ4n) is 3.10. The number of benzene rings is 2. The summed E-state index contributed by atoms with van der Waals surface area (Å²) < 4.78 is 31.0. The molecule has 1 aliphatic heterocycles. The van der Waals surface area contributed by atoms with Crippen molar-refractivity contribution in [2.45, 2.75) is 22.3 Å². The van der Waals surface area contributed by atoms with Crippen LogP contribution >= 0.6 is 62.3 Å². The Labute approximate surface area is 186 Å². The minimum absolute atomic E-state index is 0.466. The first-order valence-corrected chi connectivity index (χ1v) is 11.4. The third kappa shape index (κ3) is 4.59. The van der Waals surface area contributed by atoms with Gasteiger partial charge < -0.3 is 0 Å². The Kier molecular flexibility index (Phi) is 6.14. The van der Waals surface area contributed by atoms with E-state index in [1.165, 1.54) is 4.31 Å². The van der Waals surface area contributed by atoms with Gasteiger partial charge in [0.25, 0.3) is 0 Å². The monoisotopic (exact) mass is 531 g/mol. The number of nitrogens with zero attached hydrogens (tertiary/aromatic N) is 1. The van der Waals surface area contributed by atoms with Crippen molar-refractivity contribution in [3.8, 4) is 0 Å². The van der Waals surface area contributed by atoms with Crippen molar-refractivity contribution in [3.63, 3.8) is 0 Å². The molecular weight excluding hydrogens is 520 g/mol. The summed E-state index contributed by atoms with van der Waals surface area (Å²) >= 11 is 26.3. The summed E-state index contributed by atoms with van der Waals surface area (Å²) in [7, 11) is -4.16. The molecule has 1 aliphatic rings. The molecule has 4 nitrogen and oxygen atoms in total. The van der Waals surface area contributed by atoms with Gasteiger partial charge in [0, 0.05) is 9.50 Å². The van der Waals surface area contributed by atoms with Gasteiger partial charge in [-0.05, 0) is 42.3 Å². The van der Waals surface area contributed by atoms with Crippen LogP contribution in [0.2, 0.25) is 5.02 Å². The summed E-state index contributed by atoms with van der Waals surface area (Å²) in [6.07, 6.45) is 0. The zero-order valence-corrected chi connectivity index (χ0v) is 19.3. The minimum atomic E-state index is -4.16. The van der Waals surface area contributed by atoms with Crippen molar-refractivity contribution in [3.05, 3.63) is 69.2 Å². The number of halogens is 5. The quantitative estimate of drug-likeness (QED) is 0.349. The maximum absolute atomic E-state index is 12.8. The first-order chi connectivity index (χ1) is 12.4. The molecule has 0 spiro atoms. The van der Waals surface area contributed by atoms with E-state index >= 15 is 0 Å². The predicted molar refractivity (Wildman–Crippen MR) is 113 cm³/mol. The third-order valence-electron chi connectivity index (χ3n) is 4.38. The van der Waals surface area contributed by atoms with Gasteiger partial charge >= 0.3 is 10.3 Å². The summed E-state index contributed by atoms with van der Waals surface area (Å²) in [4.78, 5) is 0. The molecule has 1 unspecified atom stereocenters. The molecule has 0 aromatic heterocycles. The van der Waals surface area contributed by atoms with Crippen LogP contribution in [-0.4, -0.2) is 23.1 Å². The van der Waals surface area contributed by atoms with Gasteiger partial charge in [-0.2, -0.15) is 12.7 Å². The van der Waals surface area contributed by atoms with Crippen LogP contribution in [0.1, 0.15) is 24.1 Å². The van der Waals surface area contributed by atoms with Gasteiger partial charge in [-0.15, -0.1) is 0 Å². The molecule has 146 valence electrons. The van der Waals surface area contributed by atoms with E-state index < -0.39 is 32.3 Å². The van der Waals surface area contributed by atoms with E-state index in [2.05, 4.69) is 15.9 Å². The van der Waals surface area contributed by atoms with Gasteiger partial charge in [0.1, 0.15) is 6.61 Å². The normalized spacial score (nSPS) is 25.4. The van der Waals surface area contributed by atoms with Crippen LogP contribution in [0.3, 0.4) is 0 Å². The Morgan fingerprint density at radius 2 is 1.67 bits per heavy atom. The average molecular weight is 534 g/mol. The lowest BCUT2D eigenvalue weighted by atomic mass is 9.93.